The maximum atomic E-state index is 12.1. The first-order valence-electron chi connectivity index (χ1n) is 6.24. The van der Waals surface area contributed by atoms with Gasteiger partial charge >= 0.3 is 0 Å². The number of halogens is 1. The molecule has 0 aliphatic heterocycles. The number of nitrogens with one attached hydrogen (secondary N) is 1. The second kappa shape index (κ2) is 6.39. The Kier molecular flexibility index (Phi) is 4.58. The van der Waals surface area contributed by atoms with Crippen molar-refractivity contribution in [2.75, 3.05) is 5.32 Å². The van der Waals surface area contributed by atoms with Crippen LogP contribution in [-0.4, -0.2) is 17.0 Å². The first-order valence-corrected chi connectivity index (χ1v) is 6.62. The minimum absolute atomic E-state index is 0.0623. The lowest BCUT2D eigenvalue weighted by Gasteiger charge is -2.11. The number of hydrogen-bond donors (Lipinski definition) is 1. The molecule has 0 atom stereocenters. The van der Waals surface area contributed by atoms with E-state index < -0.39 is 0 Å². The van der Waals surface area contributed by atoms with Crippen molar-refractivity contribution in [2.24, 2.45) is 0 Å². The Morgan fingerprint density at radius 1 is 1.30 bits per heavy atom. The summed E-state index contributed by atoms with van der Waals surface area (Å²) in [6.45, 7) is 3.87. The molecule has 4 nitrogen and oxygen atoms in total. The molecule has 0 fully saturated rings. The first kappa shape index (κ1) is 14.3. The monoisotopic (exact) mass is 290 g/mol. The van der Waals surface area contributed by atoms with Crippen LogP contribution in [0.3, 0.4) is 0 Å². The zero-order valence-electron chi connectivity index (χ0n) is 11.3. The molecule has 1 amide bonds. The summed E-state index contributed by atoms with van der Waals surface area (Å²) in [6, 6.07) is 10.3. The van der Waals surface area contributed by atoms with Crippen LogP contribution in [0.5, 0.6) is 5.75 Å². The van der Waals surface area contributed by atoms with Crippen LogP contribution in [0, 0.1) is 0 Å². The van der Waals surface area contributed by atoms with Gasteiger partial charge in [-0.05, 0) is 44.2 Å². The molecule has 1 aromatic heterocycles. The number of benzene rings is 1. The van der Waals surface area contributed by atoms with Crippen molar-refractivity contribution in [3.05, 3.63) is 53.3 Å². The Hall–Kier alpha value is -2.07. The molecule has 0 aliphatic rings. The highest BCUT2D eigenvalue weighted by Gasteiger charge is 2.08. The molecule has 0 bridgehead atoms. The van der Waals surface area contributed by atoms with Crippen molar-refractivity contribution >= 4 is 23.2 Å². The Morgan fingerprint density at radius 2 is 2.10 bits per heavy atom. The SMILES string of the molecule is CC(C)Oc1cccc(C(=O)Nc2ccnc(Cl)c2)c1. The predicted octanol–water partition coefficient (Wildman–Crippen LogP) is 3.77. The second-order valence-electron chi connectivity index (χ2n) is 4.52. The van der Waals surface area contributed by atoms with E-state index >= 15 is 0 Å². The van der Waals surface area contributed by atoms with E-state index in [2.05, 4.69) is 10.3 Å². The largest absolute Gasteiger partial charge is 0.491 e. The summed E-state index contributed by atoms with van der Waals surface area (Å²) >= 11 is 5.77. The van der Waals surface area contributed by atoms with Gasteiger partial charge in [-0.1, -0.05) is 17.7 Å². The van der Waals surface area contributed by atoms with E-state index in [4.69, 9.17) is 16.3 Å². The molecule has 1 N–H and O–H groups in total. The van der Waals surface area contributed by atoms with Crippen molar-refractivity contribution < 1.29 is 9.53 Å². The zero-order valence-corrected chi connectivity index (χ0v) is 12.0. The van der Waals surface area contributed by atoms with E-state index in [0.29, 0.717) is 22.2 Å². The number of amides is 1. The fraction of sp³-hybridized carbons (Fsp3) is 0.200. The fourth-order valence-corrected chi connectivity index (χ4v) is 1.84. The number of pyridine rings is 1. The molecule has 0 aliphatic carbocycles. The highest BCUT2D eigenvalue weighted by atomic mass is 35.5. The van der Waals surface area contributed by atoms with Crippen molar-refractivity contribution in [1.29, 1.82) is 0 Å². The minimum Gasteiger partial charge on any atom is -0.491 e. The highest BCUT2D eigenvalue weighted by Crippen LogP contribution is 2.17. The van der Waals surface area contributed by atoms with Gasteiger partial charge in [0.05, 0.1) is 6.10 Å². The van der Waals surface area contributed by atoms with Crippen molar-refractivity contribution in [1.82, 2.24) is 4.98 Å². The molecule has 0 saturated heterocycles. The van der Waals surface area contributed by atoms with Crippen LogP contribution < -0.4 is 10.1 Å². The van der Waals surface area contributed by atoms with Gasteiger partial charge in [-0.2, -0.15) is 0 Å². The quantitative estimate of drug-likeness (QED) is 0.872. The number of rotatable bonds is 4. The molecule has 2 aromatic rings. The van der Waals surface area contributed by atoms with Crippen LogP contribution in [0.4, 0.5) is 5.69 Å². The van der Waals surface area contributed by atoms with Gasteiger partial charge in [-0.15, -0.1) is 0 Å². The number of carbonyl (C=O) groups excluding carboxylic acids is 1. The summed E-state index contributed by atoms with van der Waals surface area (Å²) in [7, 11) is 0. The van der Waals surface area contributed by atoms with E-state index in [-0.39, 0.29) is 12.0 Å². The third-order valence-electron chi connectivity index (χ3n) is 2.45. The number of carbonyl (C=O) groups is 1. The molecule has 5 heteroatoms. The number of ether oxygens (including phenoxy) is 1. The Labute approximate surface area is 122 Å². The topological polar surface area (TPSA) is 51.2 Å². The summed E-state index contributed by atoms with van der Waals surface area (Å²) in [6.07, 6.45) is 1.60. The zero-order chi connectivity index (χ0) is 14.5. The molecule has 0 radical (unpaired) electrons. The predicted molar refractivity (Wildman–Crippen MR) is 79.4 cm³/mol. The van der Waals surface area contributed by atoms with Gasteiger partial charge in [0.15, 0.2) is 0 Å². The van der Waals surface area contributed by atoms with Gasteiger partial charge in [0.2, 0.25) is 0 Å². The standard InChI is InChI=1S/C15H15ClN2O2/c1-10(2)20-13-5-3-4-11(8-13)15(19)18-12-6-7-17-14(16)9-12/h3-10H,1-2H3,(H,17,18,19). The van der Waals surface area contributed by atoms with Gasteiger partial charge in [0, 0.05) is 17.4 Å². The van der Waals surface area contributed by atoms with Gasteiger partial charge in [-0.25, -0.2) is 4.98 Å². The lowest BCUT2D eigenvalue weighted by molar-refractivity contribution is 0.102. The first-order chi connectivity index (χ1) is 9.54. The molecular weight excluding hydrogens is 276 g/mol. The van der Waals surface area contributed by atoms with Crippen molar-refractivity contribution in [2.45, 2.75) is 20.0 Å². The Balaban J connectivity index is 2.13. The minimum atomic E-state index is -0.221. The van der Waals surface area contributed by atoms with Crippen molar-refractivity contribution in [3.8, 4) is 5.75 Å². The van der Waals surface area contributed by atoms with E-state index in [0.717, 1.165) is 0 Å². The average Bonchev–Trinajstić information content (AvgIpc) is 2.38. The maximum Gasteiger partial charge on any atom is 0.255 e. The molecule has 0 saturated carbocycles. The summed E-state index contributed by atoms with van der Waals surface area (Å²) < 4.78 is 5.56. The molecular formula is C15H15ClN2O2. The van der Waals surface area contributed by atoms with E-state index in [9.17, 15) is 4.79 Å². The maximum absolute atomic E-state index is 12.1. The molecule has 1 aromatic carbocycles. The van der Waals surface area contributed by atoms with E-state index in [1.165, 1.54) is 6.20 Å². The molecule has 0 spiro atoms. The van der Waals surface area contributed by atoms with Crippen molar-refractivity contribution in [3.63, 3.8) is 0 Å². The van der Waals surface area contributed by atoms with Gasteiger partial charge in [0.1, 0.15) is 10.9 Å². The van der Waals surface area contributed by atoms with Crippen LogP contribution in [0.2, 0.25) is 5.15 Å². The normalized spacial score (nSPS) is 10.4. The van der Waals surface area contributed by atoms with Gasteiger partial charge in [-0.3, -0.25) is 4.79 Å². The summed E-state index contributed by atoms with van der Waals surface area (Å²) in [5, 5.41) is 3.09. The lowest BCUT2D eigenvalue weighted by atomic mass is 10.2. The third kappa shape index (κ3) is 3.96. The number of aromatic nitrogens is 1. The number of hydrogen-bond acceptors (Lipinski definition) is 3. The van der Waals surface area contributed by atoms with E-state index in [1.54, 1.807) is 30.3 Å². The van der Waals surface area contributed by atoms with Crippen LogP contribution in [0.15, 0.2) is 42.6 Å². The van der Waals surface area contributed by atoms with Crippen LogP contribution >= 0.6 is 11.6 Å². The summed E-state index contributed by atoms with van der Waals surface area (Å²) in [5.74, 6) is 0.446. The smallest absolute Gasteiger partial charge is 0.255 e. The lowest BCUT2D eigenvalue weighted by Crippen LogP contribution is -2.12. The van der Waals surface area contributed by atoms with Crippen LogP contribution in [0.25, 0.3) is 0 Å². The fourth-order valence-electron chi connectivity index (χ4n) is 1.67. The molecule has 2 rings (SSSR count). The molecule has 20 heavy (non-hydrogen) atoms. The third-order valence-corrected chi connectivity index (χ3v) is 2.66. The number of anilines is 1. The van der Waals surface area contributed by atoms with Crippen LogP contribution in [-0.2, 0) is 0 Å². The Bertz CT molecular complexity index is 614. The highest BCUT2D eigenvalue weighted by molar-refractivity contribution is 6.29. The summed E-state index contributed by atoms with van der Waals surface area (Å²) in [4.78, 5) is 16.0. The second-order valence-corrected chi connectivity index (χ2v) is 4.90. The van der Waals surface area contributed by atoms with Crippen LogP contribution in [0.1, 0.15) is 24.2 Å². The average molecular weight is 291 g/mol. The molecule has 104 valence electrons. The van der Waals surface area contributed by atoms with E-state index in [1.807, 2.05) is 19.9 Å². The Morgan fingerprint density at radius 3 is 2.80 bits per heavy atom. The molecule has 1 heterocycles. The summed E-state index contributed by atoms with van der Waals surface area (Å²) in [5.41, 5.74) is 1.13. The van der Waals surface area contributed by atoms with Gasteiger partial charge < -0.3 is 10.1 Å². The van der Waals surface area contributed by atoms with Gasteiger partial charge in [0.25, 0.3) is 5.91 Å². The number of nitrogens with zero attached hydrogens (tertiary/aromatic N) is 1. The molecule has 0 unspecified atom stereocenters.